The van der Waals surface area contributed by atoms with Crippen LogP contribution in [0.2, 0.25) is 0 Å². The molecule has 0 radical (unpaired) electrons. The van der Waals surface area contributed by atoms with Crippen molar-refractivity contribution in [1.82, 2.24) is 0 Å². The number of anilines is 1. The second-order valence-corrected chi connectivity index (χ2v) is 6.82. The average molecular weight is 413 g/mol. The molecular formula is C16H12Br2FNO. The van der Waals surface area contributed by atoms with Crippen LogP contribution >= 0.6 is 31.9 Å². The first-order valence-electron chi connectivity index (χ1n) is 6.46. The van der Waals surface area contributed by atoms with Crippen LogP contribution in [0.1, 0.15) is 21.5 Å². The Morgan fingerprint density at radius 2 is 2.00 bits per heavy atom. The summed E-state index contributed by atoms with van der Waals surface area (Å²) in [4.78, 5) is 13.4. The minimum Gasteiger partial charge on any atom is -0.315 e. The monoisotopic (exact) mass is 411 g/mol. The molecule has 0 N–H and O–H groups in total. The van der Waals surface area contributed by atoms with Crippen LogP contribution in [-0.4, -0.2) is 13.0 Å². The van der Waals surface area contributed by atoms with E-state index in [-0.39, 0.29) is 16.6 Å². The molecule has 1 atom stereocenters. The van der Waals surface area contributed by atoms with Gasteiger partial charge in [-0.2, -0.15) is 0 Å². The zero-order valence-electron chi connectivity index (χ0n) is 11.2. The number of rotatable bonds is 2. The van der Waals surface area contributed by atoms with Gasteiger partial charge in [0.05, 0.1) is 11.2 Å². The van der Waals surface area contributed by atoms with E-state index in [4.69, 9.17) is 0 Å². The number of alkyl halides is 1. The Kier molecular flexibility index (Phi) is 3.88. The lowest BCUT2D eigenvalue weighted by Gasteiger charge is -2.15. The molecule has 2 aromatic rings. The average Bonchev–Trinajstić information content (AvgIpc) is 2.73. The van der Waals surface area contributed by atoms with Crippen LogP contribution in [0.3, 0.4) is 0 Å². The molecule has 5 heteroatoms. The molecule has 2 nitrogen and oxygen atoms in total. The van der Waals surface area contributed by atoms with Gasteiger partial charge in [0, 0.05) is 17.2 Å². The van der Waals surface area contributed by atoms with Crippen molar-refractivity contribution in [1.29, 1.82) is 0 Å². The number of amides is 1. The topological polar surface area (TPSA) is 20.3 Å². The smallest absolute Gasteiger partial charge is 0.231 e. The van der Waals surface area contributed by atoms with Gasteiger partial charge in [-0.05, 0) is 34.9 Å². The maximum absolute atomic E-state index is 13.2. The molecule has 1 unspecified atom stereocenters. The van der Waals surface area contributed by atoms with Crippen LogP contribution in [0, 0.1) is 5.82 Å². The fourth-order valence-corrected chi connectivity index (χ4v) is 4.11. The number of carbonyl (C=O) groups excluding carboxylic acids is 1. The maximum Gasteiger partial charge on any atom is 0.231 e. The highest BCUT2D eigenvalue weighted by Gasteiger charge is 2.25. The van der Waals surface area contributed by atoms with Gasteiger partial charge in [0.15, 0.2) is 0 Å². The number of likely N-dealkylation sites (N-methyl/N-ethyl adjacent to an activating group) is 1. The molecule has 0 fully saturated rings. The van der Waals surface area contributed by atoms with Crippen LogP contribution < -0.4 is 4.90 Å². The molecule has 3 rings (SSSR count). The van der Waals surface area contributed by atoms with Gasteiger partial charge in [-0.3, -0.25) is 4.79 Å². The van der Waals surface area contributed by atoms with Crippen LogP contribution in [0.5, 0.6) is 0 Å². The summed E-state index contributed by atoms with van der Waals surface area (Å²) in [6.07, 6.45) is 0.435. The number of carbonyl (C=O) groups is 1. The summed E-state index contributed by atoms with van der Waals surface area (Å²) < 4.78 is 13.9. The molecule has 108 valence electrons. The maximum atomic E-state index is 13.2. The summed E-state index contributed by atoms with van der Waals surface area (Å²) in [6, 6.07) is 10.6. The van der Waals surface area contributed by atoms with Crippen LogP contribution in [0.4, 0.5) is 10.1 Å². The van der Waals surface area contributed by atoms with Crippen molar-refractivity contribution >= 4 is 43.5 Å². The second-order valence-electron chi connectivity index (χ2n) is 5.05. The lowest BCUT2D eigenvalue weighted by Crippen LogP contribution is -2.20. The molecule has 1 aliphatic rings. The lowest BCUT2D eigenvalue weighted by atomic mass is 10.0. The fourth-order valence-electron chi connectivity index (χ4n) is 2.53. The number of benzene rings is 2. The highest BCUT2D eigenvalue weighted by Crippen LogP contribution is 2.38. The Bertz CT molecular complexity index is 732. The molecule has 0 spiro atoms. The third kappa shape index (κ3) is 2.64. The molecule has 0 aliphatic carbocycles. The van der Waals surface area contributed by atoms with Gasteiger partial charge in [0.2, 0.25) is 5.91 Å². The zero-order chi connectivity index (χ0) is 15.1. The van der Waals surface area contributed by atoms with E-state index in [2.05, 4.69) is 31.9 Å². The normalized spacial score (nSPS) is 15.2. The van der Waals surface area contributed by atoms with Crippen molar-refractivity contribution in [3.63, 3.8) is 0 Å². The van der Waals surface area contributed by atoms with Gasteiger partial charge in [-0.15, -0.1) is 0 Å². The van der Waals surface area contributed by atoms with Crippen molar-refractivity contribution in [2.75, 3.05) is 11.9 Å². The van der Waals surface area contributed by atoms with Gasteiger partial charge < -0.3 is 4.90 Å². The van der Waals surface area contributed by atoms with Crippen molar-refractivity contribution in [2.24, 2.45) is 0 Å². The molecule has 0 saturated heterocycles. The quantitative estimate of drug-likeness (QED) is 0.660. The summed E-state index contributed by atoms with van der Waals surface area (Å²) in [7, 11) is 1.79. The Morgan fingerprint density at radius 1 is 1.24 bits per heavy atom. The van der Waals surface area contributed by atoms with Crippen LogP contribution in [0.25, 0.3) is 0 Å². The number of fused-ring (bicyclic) bond motifs is 1. The van der Waals surface area contributed by atoms with Gasteiger partial charge in [0.25, 0.3) is 0 Å². The van der Waals surface area contributed by atoms with E-state index in [1.54, 1.807) is 18.0 Å². The minimum atomic E-state index is -0.272. The SMILES string of the molecule is CN1C(=O)Cc2cc(C(Br)c3ccc(F)cc3Br)ccc21. The number of halogens is 3. The van der Waals surface area contributed by atoms with Crippen molar-refractivity contribution in [3.05, 3.63) is 63.4 Å². The highest BCUT2D eigenvalue weighted by molar-refractivity contribution is 9.11. The van der Waals surface area contributed by atoms with E-state index in [1.165, 1.54) is 12.1 Å². The molecule has 2 aromatic carbocycles. The summed E-state index contributed by atoms with van der Waals surface area (Å²) in [5, 5.41) is 0. The van der Waals surface area contributed by atoms with E-state index in [0.29, 0.717) is 6.42 Å². The number of hydrogen-bond donors (Lipinski definition) is 0. The Balaban J connectivity index is 1.98. The molecule has 1 amide bonds. The number of nitrogens with zero attached hydrogens (tertiary/aromatic N) is 1. The molecule has 0 saturated carbocycles. The van der Waals surface area contributed by atoms with Gasteiger partial charge in [0.1, 0.15) is 5.82 Å². The zero-order valence-corrected chi connectivity index (χ0v) is 14.4. The lowest BCUT2D eigenvalue weighted by molar-refractivity contribution is -0.117. The summed E-state index contributed by atoms with van der Waals surface area (Å²) in [5.74, 6) is -0.164. The Morgan fingerprint density at radius 3 is 2.71 bits per heavy atom. The van der Waals surface area contributed by atoms with Crippen LogP contribution in [-0.2, 0) is 11.2 Å². The van der Waals surface area contributed by atoms with Gasteiger partial charge in [-0.1, -0.05) is 50.1 Å². The van der Waals surface area contributed by atoms with E-state index in [1.807, 2.05) is 18.2 Å². The second kappa shape index (κ2) is 5.54. The van der Waals surface area contributed by atoms with E-state index in [0.717, 1.165) is 26.9 Å². The van der Waals surface area contributed by atoms with Gasteiger partial charge >= 0.3 is 0 Å². The molecule has 1 aliphatic heterocycles. The molecule has 0 aromatic heterocycles. The van der Waals surface area contributed by atoms with Crippen molar-refractivity contribution in [3.8, 4) is 0 Å². The van der Waals surface area contributed by atoms with Crippen LogP contribution in [0.15, 0.2) is 40.9 Å². The molecule has 21 heavy (non-hydrogen) atoms. The first-order chi connectivity index (χ1) is 9.97. The third-order valence-corrected chi connectivity index (χ3v) is 5.42. The first kappa shape index (κ1) is 14.7. The summed E-state index contributed by atoms with van der Waals surface area (Å²) >= 11 is 7.05. The third-order valence-electron chi connectivity index (χ3n) is 3.71. The summed E-state index contributed by atoms with van der Waals surface area (Å²) in [6.45, 7) is 0. The fraction of sp³-hybridized carbons (Fsp3) is 0.188. The highest BCUT2D eigenvalue weighted by atomic mass is 79.9. The number of hydrogen-bond acceptors (Lipinski definition) is 1. The Hall–Kier alpha value is -1.20. The van der Waals surface area contributed by atoms with E-state index >= 15 is 0 Å². The van der Waals surface area contributed by atoms with Crippen molar-refractivity contribution < 1.29 is 9.18 Å². The molecule has 1 heterocycles. The van der Waals surface area contributed by atoms with Crippen molar-refractivity contribution in [2.45, 2.75) is 11.2 Å². The predicted molar refractivity (Wildman–Crippen MR) is 88.4 cm³/mol. The largest absolute Gasteiger partial charge is 0.315 e. The first-order valence-corrected chi connectivity index (χ1v) is 8.16. The molecule has 0 bridgehead atoms. The van der Waals surface area contributed by atoms with Gasteiger partial charge in [-0.25, -0.2) is 4.39 Å². The van der Waals surface area contributed by atoms with E-state index in [9.17, 15) is 9.18 Å². The Labute approximate surface area is 139 Å². The predicted octanol–water partition coefficient (Wildman–Crippen LogP) is 4.59. The minimum absolute atomic E-state index is 0.0567. The summed E-state index contributed by atoms with van der Waals surface area (Å²) in [5.41, 5.74) is 3.99. The molecular weight excluding hydrogens is 401 g/mol. The standard InChI is InChI=1S/C16H12Br2FNO/c1-20-14-5-2-9(6-10(14)7-15(20)21)16(18)12-4-3-11(19)8-13(12)17/h2-6,8,16H,7H2,1H3. The van der Waals surface area contributed by atoms with E-state index < -0.39 is 0 Å².